The number of hydrogen-bond acceptors (Lipinski definition) is 3. The molecule has 0 N–H and O–H groups in total. The molecule has 90 valence electrons. The summed E-state index contributed by atoms with van der Waals surface area (Å²) in [5, 5.41) is 10.0. The van der Waals surface area contributed by atoms with Gasteiger partial charge < -0.3 is 0 Å². The van der Waals surface area contributed by atoms with E-state index in [4.69, 9.17) is 5.26 Å². The van der Waals surface area contributed by atoms with Crippen molar-refractivity contribution in [2.24, 2.45) is 0 Å². The molecular formula is C15H14N2S. The summed E-state index contributed by atoms with van der Waals surface area (Å²) in [6, 6.07) is 10.1. The van der Waals surface area contributed by atoms with Crippen molar-refractivity contribution in [3.05, 3.63) is 41.6 Å². The maximum atomic E-state index is 8.94. The molecule has 1 fully saturated rings. The van der Waals surface area contributed by atoms with E-state index in [-0.39, 0.29) is 0 Å². The van der Waals surface area contributed by atoms with Crippen molar-refractivity contribution in [1.29, 1.82) is 5.26 Å². The summed E-state index contributed by atoms with van der Waals surface area (Å²) in [4.78, 5) is 4.52. The first-order chi connectivity index (χ1) is 8.86. The largest absolute Gasteiger partial charge is 0.256 e. The van der Waals surface area contributed by atoms with Gasteiger partial charge in [0, 0.05) is 11.6 Å². The van der Waals surface area contributed by atoms with Crippen LogP contribution >= 0.6 is 11.8 Å². The van der Waals surface area contributed by atoms with Crippen molar-refractivity contribution in [3.8, 4) is 6.07 Å². The molecule has 0 spiro atoms. The van der Waals surface area contributed by atoms with Crippen LogP contribution in [0.3, 0.4) is 0 Å². The smallest absolute Gasteiger partial charge is 0.0991 e. The molecule has 0 saturated carbocycles. The molecule has 0 amide bonds. The molecule has 1 aromatic heterocycles. The highest BCUT2D eigenvalue weighted by Gasteiger charge is 2.16. The number of rotatable bonds is 1. The van der Waals surface area contributed by atoms with Crippen LogP contribution in [0.5, 0.6) is 0 Å². The van der Waals surface area contributed by atoms with E-state index in [2.05, 4.69) is 17.1 Å². The van der Waals surface area contributed by atoms with Gasteiger partial charge in [0.05, 0.1) is 17.1 Å². The van der Waals surface area contributed by atoms with Crippen molar-refractivity contribution in [2.75, 3.05) is 11.5 Å². The molecular weight excluding hydrogens is 240 g/mol. The second-order valence-electron chi connectivity index (χ2n) is 4.67. The molecule has 0 radical (unpaired) electrons. The van der Waals surface area contributed by atoms with Crippen LogP contribution in [0.15, 0.2) is 30.5 Å². The summed E-state index contributed by atoms with van der Waals surface area (Å²) in [6.07, 6.45) is 4.50. The second kappa shape index (κ2) is 4.99. The molecule has 18 heavy (non-hydrogen) atoms. The van der Waals surface area contributed by atoms with Crippen molar-refractivity contribution < 1.29 is 0 Å². The van der Waals surface area contributed by atoms with Crippen molar-refractivity contribution >= 4 is 22.7 Å². The number of hydrogen-bond donors (Lipinski definition) is 0. The topological polar surface area (TPSA) is 36.7 Å². The lowest BCUT2D eigenvalue weighted by atomic mass is 9.94. The molecule has 2 aromatic rings. The zero-order valence-electron chi connectivity index (χ0n) is 10.1. The molecule has 3 heteroatoms. The molecule has 1 aromatic carbocycles. The fourth-order valence-electron chi connectivity index (χ4n) is 2.47. The first-order valence-electron chi connectivity index (χ1n) is 6.24. The Morgan fingerprint density at radius 3 is 2.83 bits per heavy atom. The SMILES string of the molecule is N#Cc1ccc2ncc(C3CCSCC3)cc2c1. The maximum absolute atomic E-state index is 8.94. The van der Waals surface area contributed by atoms with Crippen LogP contribution < -0.4 is 0 Å². The summed E-state index contributed by atoms with van der Waals surface area (Å²) in [6.45, 7) is 0. The van der Waals surface area contributed by atoms with E-state index in [1.165, 1.54) is 29.9 Å². The minimum atomic E-state index is 0.647. The van der Waals surface area contributed by atoms with Crippen LogP contribution in [0.4, 0.5) is 0 Å². The third kappa shape index (κ3) is 2.21. The van der Waals surface area contributed by atoms with Gasteiger partial charge in [0.25, 0.3) is 0 Å². The van der Waals surface area contributed by atoms with Crippen LogP contribution in [0.25, 0.3) is 10.9 Å². The monoisotopic (exact) mass is 254 g/mol. The normalized spacial score (nSPS) is 16.6. The Balaban J connectivity index is 2.01. The molecule has 3 rings (SSSR count). The summed E-state index contributed by atoms with van der Waals surface area (Å²) >= 11 is 2.04. The van der Waals surface area contributed by atoms with E-state index in [0.29, 0.717) is 11.5 Å². The van der Waals surface area contributed by atoms with Crippen LogP contribution in [0.1, 0.15) is 29.9 Å². The molecule has 1 aliphatic rings. The van der Waals surface area contributed by atoms with Gasteiger partial charge in [-0.3, -0.25) is 4.98 Å². The third-order valence-corrected chi connectivity index (χ3v) is 4.57. The molecule has 2 heterocycles. The van der Waals surface area contributed by atoms with Gasteiger partial charge in [-0.05, 0) is 60.1 Å². The molecule has 1 saturated heterocycles. The van der Waals surface area contributed by atoms with E-state index in [1.807, 2.05) is 36.2 Å². The number of fused-ring (bicyclic) bond motifs is 1. The van der Waals surface area contributed by atoms with Gasteiger partial charge in [0.2, 0.25) is 0 Å². The Hall–Kier alpha value is -1.53. The molecule has 2 nitrogen and oxygen atoms in total. The third-order valence-electron chi connectivity index (χ3n) is 3.52. The number of thioether (sulfide) groups is 1. The Bertz CT molecular complexity index is 609. The fourth-order valence-corrected chi connectivity index (χ4v) is 3.58. The van der Waals surface area contributed by atoms with Crippen molar-refractivity contribution in [2.45, 2.75) is 18.8 Å². The Morgan fingerprint density at radius 1 is 1.22 bits per heavy atom. The van der Waals surface area contributed by atoms with Gasteiger partial charge in [-0.1, -0.05) is 0 Å². The predicted octanol–water partition coefficient (Wildman–Crippen LogP) is 3.72. The first kappa shape index (κ1) is 11.6. The summed E-state index contributed by atoms with van der Waals surface area (Å²) < 4.78 is 0. The van der Waals surface area contributed by atoms with Gasteiger partial charge in [-0.2, -0.15) is 17.0 Å². The highest BCUT2D eigenvalue weighted by Crippen LogP contribution is 2.32. The van der Waals surface area contributed by atoms with Gasteiger partial charge in [0.15, 0.2) is 0 Å². The zero-order chi connectivity index (χ0) is 12.4. The minimum Gasteiger partial charge on any atom is -0.256 e. The van der Waals surface area contributed by atoms with Crippen molar-refractivity contribution in [1.82, 2.24) is 4.98 Å². The zero-order valence-corrected chi connectivity index (χ0v) is 10.9. The lowest BCUT2D eigenvalue weighted by molar-refractivity contribution is 0.636. The van der Waals surface area contributed by atoms with E-state index in [9.17, 15) is 0 Å². The molecule has 1 aliphatic heterocycles. The van der Waals surface area contributed by atoms with E-state index in [0.717, 1.165) is 10.9 Å². The van der Waals surface area contributed by atoms with Crippen LogP contribution in [-0.2, 0) is 0 Å². The summed E-state index contributed by atoms with van der Waals surface area (Å²) in [5.41, 5.74) is 3.02. The van der Waals surface area contributed by atoms with E-state index < -0.39 is 0 Å². The number of nitrogens with zero attached hydrogens (tertiary/aromatic N) is 2. The highest BCUT2D eigenvalue weighted by molar-refractivity contribution is 7.99. The van der Waals surface area contributed by atoms with Gasteiger partial charge in [0.1, 0.15) is 0 Å². The lowest BCUT2D eigenvalue weighted by Gasteiger charge is -2.21. The van der Waals surface area contributed by atoms with E-state index >= 15 is 0 Å². The molecule has 0 bridgehead atoms. The molecule has 0 aliphatic carbocycles. The van der Waals surface area contributed by atoms with Gasteiger partial charge >= 0.3 is 0 Å². The summed E-state index contributed by atoms with van der Waals surface area (Å²) in [7, 11) is 0. The summed E-state index contributed by atoms with van der Waals surface area (Å²) in [5.74, 6) is 3.15. The van der Waals surface area contributed by atoms with Gasteiger partial charge in [-0.15, -0.1) is 0 Å². The van der Waals surface area contributed by atoms with E-state index in [1.54, 1.807) is 0 Å². The predicted molar refractivity (Wildman–Crippen MR) is 75.8 cm³/mol. The molecule has 0 atom stereocenters. The quantitative estimate of drug-likeness (QED) is 0.778. The van der Waals surface area contributed by atoms with Crippen LogP contribution in [0.2, 0.25) is 0 Å². The number of nitriles is 1. The lowest BCUT2D eigenvalue weighted by Crippen LogP contribution is -2.08. The average molecular weight is 254 g/mol. The number of pyridine rings is 1. The van der Waals surface area contributed by atoms with Crippen molar-refractivity contribution in [3.63, 3.8) is 0 Å². The number of aromatic nitrogens is 1. The minimum absolute atomic E-state index is 0.647. The first-order valence-corrected chi connectivity index (χ1v) is 7.40. The highest BCUT2D eigenvalue weighted by atomic mass is 32.2. The van der Waals surface area contributed by atoms with Gasteiger partial charge in [-0.25, -0.2) is 0 Å². The second-order valence-corrected chi connectivity index (χ2v) is 5.90. The molecule has 0 unspecified atom stereocenters. The van der Waals surface area contributed by atoms with Crippen LogP contribution in [-0.4, -0.2) is 16.5 Å². The average Bonchev–Trinajstić information content (AvgIpc) is 2.47. The van der Waals surface area contributed by atoms with Crippen LogP contribution in [0, 0.1) is 11.3 Å². The Kier molecular flexibility index (Phi) is 3.21. The number of benzene rings is 1. The fraction of sp³-hybridized carbons (Fsp3) is 0.333. The standard InChI is InChI=1S/C15H14N2S/c16-9-11-1-2-15-13(7-11)8-14(10-17-15)12-3-5-18-6-4-12/h1-2,7-8,10,12H,3-6H2. The maximum Gasteiger partial charge on any atom is 0.0991 e. The Labute approximate surface area is 111 Å². The Morgan fingerprint density at radius 2 is 2.06 bits per heavy atom.